The van der Waals surface area contributed by atoms with Gasteiger partial charge in [-0.2, -0.15) is 0 Å². The van der Waals surface area contributed by atoms with Gasteiger partial charge < -0.3 is 15.5 Å². The number of piperidine rings is 1. The molecule has 2 aliphatic rings. The van der Waals surface area contributed by atoms with Crippen LogP contribution < -0.4 is 15.5 Å². The zero-order chi connectivity index (χ0) is 16.8. The summed E-state index contributed by atoms with van der Waals surface area (Å²) < 4.78 is 0. The van der Waals surface area contributed by atoms with Crippen molar-refractivity contribution in [1.82, 2.24) is 10.6 Å². The second-order valence-corrected chi connectivity index (χ2v) is 8.50. The third kappa shape index (κ3) is 6.01. The van der Waals surface area contributed by atoms with E-state index in [9.17, 15) is 0 Å². The molecule has 0 bridgehead atoms. The second kappa shape index (κ2) is 10.00. The SMILES string of the molecule is CCNC(=NCC1(C)CCCC1)NC1CCN(c2cccs2)CC1.I. The molecule has 1 saturated heterocycles. The first kappa shape index (κ1) is 20.8. The van der Waals surface area contributed by atoms with Gasteiger partial charge in [-0.1, -0.05) is 19.8 Å². The van der Waals surface area contributed by atoms with Crippen LogP contribution in [0.5, 0.6) is 0 Å². The van der Waals surface area contributed by atoms with Gasteiger partial charge in [0.15, 0.2) is 5.96 Å². The minimum atomic E-state index is 0. The largest absolute Gasteiger partial charge is 0.363 e. The number of nitrogens with one attached hydrogen (secondary N) is 2. The number of guanidine groups is 1. The molecule has 0 atom stereocenters. The molecular weight excluding hydrogens is 443 g/mol. The highest BCUT2D eigenvalue weighted by molar-refractivity contribution is 14.0. The highest BCUT2D eigenvalue weighted by atomic mass is 127. The standard InChI is InChI=1S/C19H32N4S.HI/c1-3-20-18(21-15-19(2)10-4-5-11-19)22-16-8-12-23(13-9-16)17-7-6-14-24-17;/h6-7,14,16H,3-5,8-13,15H2,1-2H3,(H2,20,21,22);1H. The van der Waals surface area contributed by atoms with Gasteiger partial charge in [-0.15, -0.1) is 35.3 Å². The highest BCUT2D eigenvalue weighted by Gasteiger charge is 2.28. The molecule has 2 fully saturated rings. The maximum Gasteiger partial charge on any atom is 0.191 e. The van der Waals surface area contributed by atoms with Crippen molar-refractivity contribution in [3.8, 4) is 0 Å². The van der Waals surface area contributed by atoms with Crippen molar-refractivity contribution in [2.45, 2.75) is 58.4 Å². The van der Waals surface area contributed by atoms with Crippen LogP contribution in [0, 0.1) is 5.41 Å². The average Bonchev–Trinajstić information content (AvgIpc) is 3.26. The monoisotopic (exact) mass is 476 g/mol. The Hall–Kier alpha value is -0.500. The summed E-state index contributed by atoms with van der Waals surface area (Å²) >= 11 is 1.84. The third-order valence-electron chi connectivity index (χ3n) is 5.43. The smallest absolute Gasteiger partial charge is 0.191 e. The molecule has 142 valence electrons. The molecule has 6 heteroatoms. The van der Waals surface area contributed by atoms with Crippen LogP contribution in [-0.4, -0.2) is 38.2 Å². The third-order valence-corrected chi connectivity index (χ3v) is 6.36. The fourth-order valence-corrected chi connectivity index (χ4v) is 4.65. The van der Waals surface area contributed by atoms with E-state index in [1.807, 2.05) is 11.3 Å². The number of nitrogens with zero attached hydrogens (tertiary/aromatic N) is 2. The molecule has 3 rings (SSSR count). The predicted molar refractivity (Wildman–Crippen MR) is 121 cm³/mol. The minimum Gasteiger partial charge on any atom is -0.363 e. The van der Waals surface area contributed by atoms with Crippen LogP contribution in [0.2, 0.25) is 0 Å². The van der Waals surface area contributed by atoms with Crippen molar-refractivity contribution < 1.29 is 0 Å². The maximum absolute atomic E-state index is 4.91. The molecule has 0 spiro atoms. The Balaban J connectivity index is 0.00000225. The van der Waals surface area contributed by atoms with Crippen molar-refractivity contribution >= 4 is 46.3 Å². The van der Waals surface area contributed by atoms with Gasteiger partial charge in [0.1, 0.15) is 0 Å². The lowest BCUT2D eigenvalue weighted by atomic mass is 9.89. The van der Waals surface area contributed by atoms with Crippen molar-refractivity contribution in [3.05, 3.63) is 17.5 Å². The van der Waals surface area contributed by atoms with Gasteiger partial charge in [0.25, 0.3) is 0 Å². The Bertz CT molecular complexity index is 518. The molecule has 1 aromatic rings. The highest BCUT2D eigenvalue weighted by Crippen LogP contribution is 2.37. The number of halogens is 1. The molecule has 0 amide bonds. The molecule has 1 aliphatic carbocycles. The van der Waals surface area contributed by atoms with Crippen LogP contribution in [0.1, 0.15) is 52.4 Å². The summed E-state index contributed by atoms with van der Waals surface area (Å²) in [7, 11) is 0. The first-order chi connectivity index (χ1) is 11.7. The van der Waals surface area contributed by atoms with Gasteiger partial charge in [0.05, 0.1) is 5.00 Å². The molecule has 1 aliphatic heterocycles. The predicted octanol–water partition coefficient (Wildman–Crippen LogP) is 4.47. The lowest BCUT2D eigenvalue weighted by Crippen LogP contribution is -2.49. The Morgan fingerprint density at radius 2 is 2.04 bits per heavy atom. The van der Waals surface area contributed by atoms with E-state index < -0.39 is 0 Å². The summed E-state index contributed by atoms with van der Waals surface area (Å²) in [5, 5.41) is 10.7. The van der Waals surface area contributed by atoms with Gasteiger partial charge in [0.2, 0.25) is 0 Å². The number of hydrogen-bond acceptors (Lipinski definition) is 3. The van der Waals surface area contributed by atoms with Crippen molar-refractivity contribution in [3.63, 3.8) is 0 Å². The molecule has 0 radical (unpaired) electrons. The van der Waals surface area contributed by atoms with Crippen molar-refractivity contribution in [2.75, 3.05) is 31.1 Å². The first-order valence-corrected chi connectivity index (χ1v) is 10.4. The molecule has 4 nitrogen and oxygen atoms in total. The average molecular weight is 476 g/mol. The molecule has 1 aromatic heterocycles. The van der Waals surface area contributed by atoms with Crippen LogP contribution in [0.25, 0.3) is 0 Å². The number of thiophene rings is 1. The van der Waals surface area contributed by atoms with E-state index in [0.717, 1.165) is 32.1 Å². The van der Waals surface area contributed by atoms with E-state index >= 15 is 0 Å². The Kier molecular flexibility index (Phi) is 8.32. The van der Waals surface area contributed by atoms with Crippen molar-refractivity contribution in [1.29, 1.82) is 0 Å². The fraction of sp³-hybridized carbons (Fsp3) is 0.737. The van der Waals surface area contributed by atoms with Crippen LogP contribution in [0.4, 0.5) is 5.00 Å². The van der Waals surface area contributed by atoms with Crippen LogP contribution in [0.3, 0.4) is 0 Å². The van der Waals surface area contributed by atoms with Crippen LogP contribution in [-0.2, 0) is 0 Å². The van der Waals surface area contributed by atoms with Gasteiger partial charge in [0, 0.05) is 32.2 Å². The van der Waals surface area contributed by atoms with E-state index in [2.05, 4.69) is 46.9 Å². The summed E-state index contributed by atoms with van der Waals surface area (Å²) in [6.45, 7) is 8.69. The zero-order valence-corrected chi connectivity index (χ0v) is 18.7. The van der Waals surface area contributed by atoms with E-state index in [1.54, 1.807) is 0 Å². The second-order valence-electron chi connectivity index (χ2n) is 7.57. The van der Waals surface area contributed by atoms with Crippen molar-refractivity contribution in [2.24, 2.45) is 10.4 Å². The van der Waals surface area contributed by atoms with E-state index in [1.165, 1.54) is 43.5 Å². The molecule has 2 N–H and O–H groups in total. The van der Waals surface area contributed by atoms with Crippen LogP contribution >= 0.6 is 35.3 Å². The minimum absolute atomic E-state index is 0. The van der Waals surface area contributed by atoms with Gasteiger partial charge in [-0.3, -0.25) is 4.99 Å². The fourth-order valence-electron chi connectivity index (χ4n) is 3.86. The Labute approximate surface area is 173 Å². The van der Waals surface area contributed by atoms with E-state index in [4.69, 9.17) is 4.99 Å². The van der Waals surface area contributed by atoms with Crippen LogP contribution in [0.15, 0.2) is 22.5 Å². The summed E-state index contributed by atoms with van der Waals surface area (Å²) in [5.41, 5.74) is 0.422. The molecule has 25 heavy (non-hydrogen) atoms. The van der Waals surface area contributed by atoms with E-state index in [0.29, 0.717) is 11.5 Å². The Morgan fingerprint density at radius 3 is 2.64 bits per heavy atom. The molecule has 0 unspecified atom stereocenters. The maximum atomic E-state index is 4.91. The Morgan fingerprint density at radius 1 is 1.32 bits per heavy atom. The first-order valence-electron chi connectivity index (χ1n) is 9.52. The number of hydrogen-bond donors (Lipinski definition) is 2. The lowest BCUT2D eigenvalue weighted by Gasteiger charge is -2.33. The number of rotatable bonds is 5. The van der Waals surface area contributed by atoms with E-state index in [-0.39, 0.29) is 24.0 Å². The normalized spacial score (nSPS) is 21.0. The molecular formula is C19H33IN4S. The molecule has 2 heterocycles. The number of aliphatic imine (C=N–C) groups is 1. The number of anilines is 1. The summed E-state index contributed by atoms with van der Waals surface area (Å²) in [6, 6.07) is 4.91. The topological polar surface area (TPSA) is 39.7 Å². The summed E-state index contributed by atoms with van der Waals surface area (Å²) in [4.78, 5) is 7.42. The summed E-state index contributed by atoms with van der Waals surface area (Å²) in [6.07, 6.45) is 7.76. The molecule has 1 saturated carbocycles. The van der Waals surface area contributed by atoms with Gasteiger partial charge in [-0.25, -0.2) is 0 Å². The quantitative estimate of drug-likeness (QED) is 0.374. The summed E-state index contributed by atoms with van der Waals surface area (Å²) in [5.74, 6) is 1.01. The van der Waals surface area contributed by atoms with Gasteiger partial charge >= 0.3 is 0 Å². The van der Waals surface area contributed by atoms with Gasteiger partial charge in [-0.05, 0) is 55.5 Å². The lowest BCUT2D eigenvalue weighted by molar-refractivity contribution is 0.349. The zero-order valence-electron chi connectivity index (χ0n) is 15.6. The molecule has 0 aromatic carbocycles.